The van der Waals surface area contributed by atoms with Crippen LogP contribution >= 0.6 is 11.6 Å². The first-order valence-electron chi connectivity index (χ1n) is 11.1. The Balaban J connectivity index is 1.51. The molecule has 1 aromatic carbocycles. The van der Waals surface area contributed by atoms with Crippen LogP contribution in [-0.2, 0) is 11.3 Å². The number of carbonyl (C=O) groups excluding carboxylic acids is 1. The number of ether oxygens (including phenoxy) is 1. The van der Waals surface area contributed by atoms with Crippen molar-refractivity contribution in [3.8, 4) is 0 Å². The molecule has 0 radical (unpaired) electrons. The monoisotopic (exact) mass is 453 g/mol. The number of nitrogens with zero attached hydrogens (tertiary/aromatic N) is 5. The lowest BCUT2D eigenvalue weighted by molar-refractivity contribution is 0.137. The van der Waals surface area contributed by atoms with Gasteiger partial charge in [-0.2, -0.15) is 0 Å². The second-order valence-corrected chi connectivity index (χ2v) is 9.59. The van der Waals surface area contributed by atoms with Gasteiger partial charge in [-0.05, 0) is 29.7 Å². The summed E-state index contributed by atoms with van der Waals surface area (Å²) in [5.74, 6) is 1.58. The molecule has 1 fully saturated rings. The number of anilines is 2. The average Bonchev–Trinajstić information content (AvgIpc) is 3.21. The van der Waals surface area contributed by atoms with Crippen LogP contribution in [0.3, 0.4) is 0 Å². The first-order valence-corrected chi connectivity index (χ1v) is 11.5. The van der Waals surface area contributed by atoms with Crippen molar-refractivity contribution in [2.24, 2.45) is 16.8 Å². The number of pyridine rings is 1. The highest BCUT2D eigenvalue weighted by Gasteiger charge is 2.42. The third-order valence-electron chi connectivity index (χ3n) is 6.48. The van der Waals surface area contributed by atoms with Crippen LogP contribution in [0, 0.1) is 11.8 Å². The Labute approximate surface area is 193 Å². The number of methoxy groups -OCH3 is 1. The van der Waals surface area contributed by atoms with Crippen LogP contribution in [0.1, 0.15) is 25.1 Å². The number of hydrogen-bond donors (Lipinski definition) is 0. The molecule has 3 aliphatic heterocycles. The third kappa shape index (κ3) is 3.73. The fourth-order valence-electron chi connectivity index (χ4n) is 4.55. The van der Waals surface area contributed by atoms with Crippen molar-refractivity contribution >= 4 is 34.8 Å². The number of fused-ring (bicyclic) bond motifs is 3. The topological polar surface area (TPSA) is 61.3 Å². The Hall–Kier alpha value is -2.64. The van der Waals surface area contributed by atoms with Gasteiger partial charge >= 0.3 is 6.03 Å². The van der Waals surface area contributed by atoms with Crippen LogP contribution in [0.25, 0.3) is 0 Å². The van der Waals surface area contributed by atoms with Crippen LogP contribution in [0.2, 0.25) is 5.02 Å². The number of urea groups is 1. The zero-order valence-corrected chi connectivity index (χ0v) is 19.4. The van der Waals surface area contributed by atoms with E-state index in [1.807, 2.05) is 35.4 Å². The van der Waals surface area contributed by atoms with Gasteiger partial charge in [-0.25, -0.2) is 9.78 Å². The van der Waals surface area contributed by atoms with E-state index in [4.69, 9.17) is 26.3 Å². The number of halogens is 1. The molecule has 0 N–H and O–H groups in total. The van der Waals surface area contributed by atoms with Gasteiger partial charge in [0.05, 0.1) is 43.3 Å². The van der Waals surface area contributed by atoms with Gasteiger partial charge < -0.3 is 9.64 Å². The standard InChI is InChI=1S/C24H28ClN5O2/c1-15(2)20-13-30-23(27-20)22-21(8-19(9-26-22)28-10-17(11-28)14-32-3)29(24(30)31)12-16-4-6-18(25)7-5-16/h4-9,15,17,20H,10-14H2,1-3H3. The highest BCUT2D eigenvalue weighted by molar-refractivity contribution is 6.30. The van der Waals surface area contributed by atoms with Crippen molar-refractivity contribution < 1.29 is 9.53 Å². The molecule has 8 heteroatoms. The maximum absolute atomic E-state index is 13.6. The molecular weight excluding hydrogens is 426 g/mol. The molecule has 2 amide bonds. The summed E-state index contributed by atoms with van der Waals surface area (Å²) in [6, 6.07) is 9.76. The molecule has 1 saturated heterocycles. The van der Waals surface area contributed by atoms with Gasteiger partial charge in [0.15, 0.2) is 5.84 Å². The van der Waals surface area contributed by atoms with E-state index in [-0.39, 0.29) is 12.1 Å². The van der Waals surface area contributed by atoms with Crippen molar-refractivity contribution in [1.29, 1.82) is 0 Å². The zero-order valence-electron chi connectivity index (χ0n) is 18.7. The number of amides is 2. The predicted octanol–water partition coefficient (Wildman–Crippen LogP) is 4.04. The van der Waals surface area contributed by atoms with Crippen LogP contribution in [-0.4, -0.2) is 61.1 Å². The molecule has 0 spiro atoms. The second kappa shape index (κ2) is 8.37. The van der Waals surface area contributed by atoms with Crippen molar-refractivity contribution in [3.05, 3.63) is 52.8 Å². The summed E-state index contributed by atoms with van der Waals surface area (Å²) in [4.78, 5) is 29.2. The molecule has 1 aromatic heterocycles. The van der Waals surface area contributed by atoms with Gasteiger partial charge in [-0.1, -0.05) is 37.6 Å². The SMILES string of the molecule is COCC1CN(c2cnc3c(c2)N(Cc2ccc(Cl)cc2)C(=O)N2CC(C(C)C)N=C32)C1. The first-order chi connectivity index (χ1) is 15.4. The molecule has 168 valence electrons. The summed E-state index contributed by atoms with van der Waals surface area (Å²) < 4.78 is 5.28. The quantitative estimate of drug-likeness (QED) is 0.662. The van der Waals surface area contributed by atoms with E-state index in [1.165, 1.54) is 0 Å². The molecule has 2 aromatic rings. The van der Waals surface area contributed by atoms with Gasteiger partial charge in [0.25, 0.3) is 0 Å². The third-order valence-corrected chi connectivity index (χ3v) is 6.73. The maximum Gasteiger partial charge on any atom is 0.330 e. The minimum Gasteiger partial charge on any atom is -0.384 e. The van der Waals surface area contributed by atoms with E-state index >= 15 is 0 Å². The molecule has 5 rings (SSSR count). The lowest BCUT2D eigenvalue weighted by atomic mass is 10.0. The normalized spacial score (nSPS) is 20.4. The van der Waals surface area contributed by atoms with Crippen molar-refractivity contribution in [3.63, 3.8) is 0 Å². The molecular formula is C24H28ClN5O2. The largest absolute Gasteiger partial charge is 0.384 e. The summed E-state index contributed by atoms with van der Waals surface area (Å²) in [6.07, 6.45) is 1.90. The summed E-state index contributed by atoms with van der Waals surface area (Å²) >= 11 is 6.07. The summed E-state index contributed by atoms with van der Waals surface area (Å²) in [6.45, 7) is 7.96. The average molecular weight is 454 g/mol. The van der Waals surface area contributed by atoms with Gasteiger partial charge in [0.1, 0.15) is 5.69 Å². The maximum atomic E-state index is 13.6. The van der Waals surface area contributed by atoms with Crippen LogP contribution in [0.4, 0.5) is 16.2 Å². The number of amidine groups is 1. The number of carbonyl (C=O) groups is 1. The number of aliphatic imine (C=N–C) groups is 1. The Kier molecular flexibility index (Phi) is 5.55. The Morgan fingerprint density at radius 3 is 2.62 bits per heavy atom. The fraction of sp³-hybridized carbons (Fsp3) is 0.458. The van der Waals surface area contributed by atoms with E-state index in [0.717, 1.165) is 42.3 Å². The Bertz CT molecular complexity index is 1050. The molecule has 0 aliphatic carbocycles. The number of hydrogen-bond acceptors (Lipinski definition) is 5. The molecule has 4 heterocycles. The molecule has 1 atom stereocenters. The smallest absolute Gasteiger partial charge is 0.330 e. The van der Waals surface area contributed by atoms with E-state index < -0.39 is 0 Å². The summed E-state index contributed by atoms with van der Waals surface area (Å²) in [7, 11) is 1.74. The Morgan fingerprint density at radius 1 is 1.19 bits per heavy atom. The number of benzene rings is 1. The molecule has 1 unspecified atom stereocenters. The lowest BCUT2D eigenvalue weighted by Gasteiger charge is -2.41. The van der Waals surface area contributed by atoms with Crippen molar-refractivity contribution in [2.45, 2.75) is 26.4 Å². The zero-order chi connectivity index (χ0) is 22.4. The lowest BCUT2D eigenvalue weighted by Crippen LogP contribution is -2.51. The van der Waals surface area contributed by atoms with E-state index in [1.54, 1.807) is 12.0 Å². The van der Waals surface area contributed by atoms with E-state index in [9.17, 15) is 4.79 Å². The van der Waals surface area contributed by atoms with Crippen LogP contribution in [0.5, 0.6) is 0 Å². The van der Waals surface area contributed by atoms with Gasteiger partial charge in [0.2, 0.25) is 0 Å². The fourth-order valence-corrected chi connectivity index (χ4v) is 4.67. The molecule has 32 heavy (non-hydrogen) atoms. The summed E-state index contributed by atoms with van der Waals surface area (Å²) in [5.41, 5.74) is 3.64. The first kappa shape index (κ1) is 21.2. The number of rotatable bonds is 6. The highest BCUT2D eigenvalue weighted by atomic mass is 35.5. The van der Waals surface area contributed by atoms with Gasteiger partial charge in [-0.15, -0.1) is 0 Å². The second-order valence-electron chi connectivity index (χ2n) is 9.16. The molecule has 3 aliphatic rings. The minimum absolute atomic E-state index is 0.0471. The molecule has 7 nitrogen and oxygen atoms in total. The minimum atomic E-state index is -0.0471. The molecule has 0 bridgehead atoms. The van der Waals surface area contributed by atoms with Crippen molar-refractivity contribution in [1.82, 2.24) is 9.88 Å². The summed E-state index contributed by atoms with van der Waals surface area (Å²) in [5, 5.41) is 0.681. The molecule has 0 saturated carbocycles. The van der Waals surface area contributed by atoms with E-state index in [2.05, 4.69) is 24.8 Å². The van der Waals surface area contributed by atoms with Gasteiger partial charge in [0, 0.05) is 31.1 Å². The van der Waals surface area contributed by atoms with Crippen LogP contribution in [0.15, 0.2) is 41.5 Å². The van der Waals surface area contributed by atoms with Crippen LogP contribution < -0.4 is 9.80 Å². The highest BCUT2D eigenvalue weighted by Crippen LogP contribution is 2.37. The Morgan fingerprint density at radius 2 is 1.94 bits per heavy atom. The predicted molar refractivity (Wildman–Crippen MR) is 127 cm³/mol. The van der Waals surface area contributed by atoms with Crippen molar-refractivity contribution in [2.75, 3.05) is 43.2 Å². The van der Waals surface area contributed by atoms with E-state index in [0.29, 0.717) is 35.8 Å². The number of aromatic nitrogens is 1. The van der Waals surface area contributed by atoms with Gasteiger partial charge in [-0.3, -0.25) is 14.8 Å².